The van der Waals surface area contributed by atoms with Gasteiger partial charge in [0, 0.05) is 16.8 Å². The van der Waals surface area contributed by atoms with Crippen LogP contribution in [0.15, 0.2) is 41.6 Å². The Hall–Kier alpha value is -1.92. The molecule has 1 atom stereocenters. The van der Waals surface area contributed by atoms with E-state index < -0.39 is 16.7 Å². The molecule has 0 aliphatic heterocycles. The lowest BCUT2D eigenvalue weighted by atomic mass is 10.1. The van der Waals surface area contributed by atoms with Gasteiger partial charge < -0.3 is 11.5 Å². The summed E-state index contributed by atoms with van der Waals surface area (Å²) >= 11 is 6.05. The fourth-order valence-corrected chi connectivity index (χ4v) is 3.13. The second kappa shape index (κ2) is 6.02. The molecule has 0 aliphatic carbocycles. The number of amides is 1. The van der Waals surface area contributed by atoms with Crippen molar-refractivity contribution in [3.8, 4) is 0 Å². The Bertz CT molecular complexity index is 691. The van der Waals surface area contributed by atoms with Gasteiger partial charge in [-0.15, -0.1) is 0 Å². The zero-order valence-corrected chi connectivity index (χ0v) is 11.9. The Morgan fingerprint density at radius 2 is 2.10 bits per heavy atom. The Balaban J connectivity index is 2.25. The average Bonchev–Trinajstić information content (AvgIpc) is 2.41. The molecule has 1 heterocycles. The summed E-state index contributed by atoms with van der Waals surface area (Å²) < 4.78 is 12.2. The molecule has 4 N–H and O–H groups in total. The van der Waals surface area contributed by atoms with Crippen molar-refractivity contribution in [1.82, 2.24) is 4.98 Å². The van der Waals surface area contributed by atoms with E-state index in [1.165, 1.54) is 12.3 Å². The highest BCUT2D eigenvalue weighted by atomic mass is 35.5. The maximum Gasteiger partial charge on any atom is 0.248 e. The van der Waals surface area contributed by atoms with Gasteiger partial charge in [-0.2, -0.15) is 0 Å². The molecule has 0 aliphatic rings. The van der Waals surface area contributed by atoms with Crippen molar-refractivity contribution in [2.45, 2.75) is 10.8 Å². The van der Waals surface area contributed by atoms with Crippen molar-refractivity contribution in [3.63, 3.8) is 0 Å². The van der Waals surface area contributed by atoms with Crippen molar-refractivity contribution in [3.05, 3.63) is 52.7 Å². The molecule has 0 spiro atoms. The van der Waals surface area contributed by atoms with Crippen LogP contribution in [-0.4, -0.2) is 15.1 Å². The SMILES string of the molecule is NC(=O)c1ccc(CS(=O)c2ncccc2N)c(Cl)c1. The van der Waals surface area contributed by atoms with Gasteiger partial charge in [0.2, 0.25) is 5.91 Å². The lowest BCUT2D eigenvalue weighted by Gasteiger charge is -2.07. The summed E-state index contributed by atoms with van der Waals surface area (Å²) in [6, 6.07) is 7.93. The Morgan fingerprint density at radius 3 is 2.70 bits per heavy atom. The predicted octanol–water partition coefficient (Wildman–Crippen LogP) is 1.72. The third kappa shape index (κ3) is 3.15. The van der Waals surface area contributed by atoms with Crippen LogP contribution in [0.3, 0.4) is 0 Å². The van der Waals surface area contributed by atoms with Crippen LogP contribution >= 0.6 is 11.6 Å². The van der Waals surface area contributed by atoms with E-state index in [-0.39, 0.29) is 5.75 Å². The molecule has 1 aromatic heterocycles. The van der Waals surface area contributed by atoms with Crippen molar-refractivity contribution >= 4 is 34.0 Å². The van der Waals surface area contributed by atoms with Crippen LogP contribution in [0.4, 0.5) is 5.69 Å². The number of nitrogen functional groups attached to an aromatic ring is 1. The first kappa shape index (κ1) is 14.5. The van der Waals surface area contributed by atoms with Gasteiger partial charge in [-0.1, -0.05) is 17.7 Å². The van der Waals surface area contributed by atoms with Crippen molar-refractivity contribution in [2.75, 3.05) is 5.73 Å². The van der Waals surface area contributed by atoms with E-state index in [2.05, 4.69) is 4.98 Å². The smallest absolute Gasteiger partial charge is 0.248 e. The van der Waals surface area contributed by atoms with E-state index in [1.54, 1.807) is 24.3 Å². The number of pyridine rings is 1. The molecule has 0 fully saturated rings. The first-order valence-corrected chi connectivity index (χ1v) is 7.36. The van der Waals surface area contributed by atoms with Crippen molar-refractivity contribution in [2.24, 2.45) is 5.73 Å². The van der Waals surface area contributed by atoms with Gasteiger partial charge >= 0.3 is 0 Å². The number of aromatic nitrogens is 1. The van der Waals surface area contributed by atoms with E-state index >= 15 is 0 Å². The maximum atomic E-state index is 12.2. The molecular weight excluding hydrogens is 298 g/mol. The highest BCUT2D eigenvalue weighted by molar-refractivity contribution is 7.84. The minimum absolute atomic E-state index is 0.166. The van der Waals surface area contributed by atoms with E-state index in [9.17, 15) is 9.00 Å². The lowest BCUT2D eigenvalue weighted by Crippen LogP contribution is -2.11. The predicted molar refractivity (Wildman–Crippen MR) is 78.7 cm³/mol. The van der Waals surface area contributed by atoms with Crippen LogP contribution in [0, 0.1) is 0 Å². The molecule has 1 amide bonds. The number of benzene rings is 1. The molecule has 7 heteroatoms. The summed E-state index contributed by atoms with van der Waals surface area (Å²) in [4.78, 5) is 15.0. The summed E-state index contributed by atoms with van der Waals surface area (Å²) in [5, 5.41) is 0.659. The standard InChI is InChI=1S/C13H12ClN3O2S/c14-10-6-8(12(16)18)3-4-9(10)7-20(19)13-11(15)2-1-5-17-13/h1-6H,7,15H2,(H2,16,18). The monoisotopic (exact) mass is 309 g/mol. The summed E-state index contributed by atoms with van der Waals surface area (Å²) in [7, 11) is -1.41. The second-order valence-electron chi connectivity index (χ2n) is 4.06. The minimum atomic E-state index is -1.41. The number of halogens is 1. The zero-order chi connectivity index (χ0) is 14.7. The van der Waals surface area contributed by atoms with Gasteiger partial charge in [-0.05, 0) is 29.8 Å². The van der Waals surface area contributed by atoms with Gasteiger partial charge in [-0.3, -0.25) is 9.00 Å². The van der Waals surface area contributed by atoms with E-state index in [0.717, 1.165) is 0 Å². The number of carbonyl (C=O) groups is 1. The number of hydrogen-bond acceptors (Lipinski definition) is 4. The summed E-state index contributed by atoms with van der Waals surface area (Å²) in [5.74, 6) is -0.396. The number of nitrogens with zero attached hydrogens (tertiary/aromatic N) is 1. The van der Waals surface area contributed by atoms with Crippen LogP contribution in [-0.2, 0) is 16.6 Å². The largest absolute Gasteiger partial charge is 0.396 e. The van der Waals surface area contributed by atoms with Gasteiger partial charge in [0.05, 0.1) is 22.2 Å². The molecule has 2 rings (SSSR count). The fraction of sp³-hybridized carbons (Fsp3) is 0.0769. The number of anilines is 1. The molecule has 5 nitrogen and oxygen atoms in total. The fourth-order valence-electron chi connectivity index (χ4n) is 1.62. The van der Waals surface area contributed by atoms with Crippen LogP contribution < -0.4 is 11.5 Å². The van der Waals surface area contributed by atoms with Crippen molar-refractivity contribution in [1.29, 1.82) is 0 Å². The highest BCUT2D eigenvalue weighted by Gasteiger charge is 2.13. The van der Waals surface area contributed by atoms with Gasteiger partial charge in [0.15, 0.2) is 0 Å². The van der Waals surface area contributed by atoms with E-state index in [0.29, 0.717) is 26.9 Å². The third-order valence-corrected chi connectivity index (χ3v) is 4.34. The molecular formula is C13H12ClN3O2S. The summed E-state index contributed by atoms with van der Waals surface area (Å²) in [6.07, 6.45) is 1.53. The van der Waals surface area contributed by atoms with Crippen molar-refractivity contribution < 1.29 is 9.00 Å². The van der Waals surface area contributed by atoms with Crippen LogP contribution in [0.2, 0.25) is 5.02 Å². The Labute approximate surface area is 123 Å². The molecule has 1 aromatic carbocycles. The molecule has 0 saturated heterocycles. The normalized spacial score (nSPS) is 12.1. The zero-order valence-electron chi connectivity index (χ0n) is 10.4. The van der Waals surface area contributed by atoms with Crippen LogP contribution in [0.5, 0.6) is 0 Å². The van der Waals surface area contributed by atoms with E-state index in [1.807, 2.05) is 0 Å². The topological polar surface area (TPSA) is 99.1 Å². The van der Waals surface area contributed by atoms with Crippen LogP contribution in [0.1, 0.15) is 15.9 Å². The highest BCUT2D eigenvalue weighted by Crippen LogP contribution is 2.22. The second-order valence-corrected chi connectivity index (χ2v) is 5.83. The average molecular weight is 310 g/mol. The first-order valence-electron chi connectivity index (χ1n) is 5.66. The number of nitrogens with two attached hydrogens (primary N) is 2. The number of hydrogen-bond donors (Lipinski definition) is 2. The van der Waals surface area contributed by atoms with Gasteiger partial charge in [0.25, 0.3) is 0 Å². The molecule has 0 saturated carbocycles. The van der Waals surface area contributed by atoms with Gasteiger partial charge in [-0.25, -0.2) is 4.98 Å². The Kier molecular flexibility index (Phi) is 4.36. The lowest BCUT2D eigenvalue weighted by molar-refractivity contribution is 0.100. The molecule has 1 unspecified atom stereocenters. The first-order chi connectivity index (χ1) is 9.49. The quantitative estimate of drug-likeness (QED) is 0.898. The maximum absolute atomic E-state index is 12.2. The molecule has 2 aromatic rings. The molecule has 20 heavy (non-hydrogen) atoms. The van der Waals surface area contributed by atoms with Gasteiger partial charge in [0.1, 0.15) is 5.03 Å². The Morgan fingerprint density at radius 1 is 1.35 bits per heavy atom. The minimum Gasteiger partial charge on any atom is -0.396 e. The number of carbonyl (C=O) groups excluding carboxylic acids is 1. The molecule has 0 radical (unpaired) electrons. The van der Waals surface area contributed by atoms with Crippen LogP contribution in [0.25, 0.3) is 0 Å². The number of primary amides is 1. The summed E-state index contributed by atoms with van der Waals surface area (Å²) in [6.45, 7) is 0. The summed E-state index contributed by atoms with van der Waals surface area (Å²) in [5.41, 5.74) is 12.2. The number of rotatable bonds is 4. The van der Waals surface area contributed by atoms with E-state index in [4.69, 9.17) is 23.1 Å². The molecule has 104 valence electrons. The molecule has 0 bridgehead atoms. The third-order valence-electron chi connectivity index (χ3n) is 2.64.